The van der Waals surface area contributed by atoms with Gasteiger partial charge in [-0.3, -0.25) is 4.90 Å². The second-order valence-corrected chi connectivity index (χ2v) is 5.42. The minimum absolute atomic E-state index is 0.0488. The van der Waals surface area contributed by atoms with Gasteiger partial charge in [0.25, 0.3) is 6.43 Å². The maximum absolute atomic E-state index is 12.7. The summed E-state index contributed by atoms with van der Waals surface area (Å²) in [5.74, 6) is 0. The first-order chi connectivity index (χ1) is 10.2. The number of rotatable bonds is 6. The third-order valence-electron chi connectivity index (χ3n) is 3.90. The van der Waals surface area contributed by atoms with Gasteiger partial charge < -0.3 is 10.1 Å². The minimum atomic E-state index is -2.42. The Bertz CT molecular complexity index is 407. The largest absolute Gasteiger partial charge is 0.374 e. The van der Waals surface area contributed by atoms with Gasteiger partial charge in [0.2, 0.25) is 0 Å². The van der Waals surface area contributed by atoms with Crippen molar-refractivity contribution in [1.82, 2.24) is 10.2 Å². The van der Waals surface area contributed by atoms with Gasteiger partial charge in [0.05, 0.1) is 18.8 Å². The van der Waals surface area contributed by atoms with Crippen molar-refractivity contribution in [2.75, 3.05) is 33.3 Å². The lowest BCUT2D eigenvalue weighted by Gasteiger charge is -2.41. The molecule has 1 N–H and O–H groups in total. The van der Waals surface area contributed by atoms with E-state index in [0.717, 1.165) is 38.2 Å². The van der Waals surface area contributed by atoms with Gasteiger partial charge in [-0.05, 0) is 25.6 Å². The first kappa shape index (κ1) is 16.3. The first-order valence-electron chi connectivity index (χ1n) is 7.55. The normalized spacial score (nSPS) is 23.7. The Kier molecular flexibility index (Phi) is 6.08. The standard InChI is InChI=1S/C16H24F2N2O/c1-3-8-20-9-10-21-14(11-19-2)15(20)12-4-6-13(7-5-12)16(17)18/h4-7,14-16,19H,3,8-11H2,1-2H3. The highest BCUT2D eigenvalue weighted by Gasteiger charge is 2.32. The van der Waals surface area contributed by atoms with E-state index in [2.05, 4.69) is 17.1 Å². The quantitative estimate of drug-likeness (QED) is 0.874. The van der Waals surface area contributed by atoms with E-state index in [1.807, 2.05) is 19.2 Å². The molecule has 0 aromatic heterocycles. The summed E-state index contributed by atoms with van der Waals surface area (Å²) >= 11 is 0. The highest BCUT2D eigenvalue weighted by atomic mass is 19.3. The molecule has 118 valence electrons. The summed E-state index contributed by atoms with van der Waals surface area (Å²) in [7, 11) is 1.90. The van der Waals surface area contributed by atoms with Crippen LogP contribution in [0.3, 0.4) is 0 Å². The van der Waals surface area contributed by atoms with Gasteiger partial charge in [-0.2, -0.15) is 0 Å². The number of hydrogen-bond acceptors (Lipinski definition) is 3. The van der Waals surface area contributed by atoms with Crippen molar-refractivity contribution in [2.45, 2.75) is 31.9 Å². The van der Waals surface area contributed by atoms with E-state index in [0.29, 0.717) is 0 Å². The molecule has 2 rings (SSSR count). The molecule has 0 aliphatic carbocycles. The molecule has 0 bridgehead atoms. The Balaban J connectivity index is 2.23. The number of alkyl halides is 2. The first-order valence-corrected chi connectivity index (χ1v) is 7.55. The van der Waals surface area contributed by atoms with Crippen LogP contribution in [0.4, 0.5) is 8.78 Å². The third kappa shape index (κ3) is 3.99. The van der Waals surface area contributed by atoms with Crippen LogP contribution in [0.1, 0.15) is 36.9 Å². The maximum Gasteiger partial charge on any atom is 0.263 e. The fourth-order valence-corrected chi connectivity index (χ4v) is 2.96. The van der Waals surface area contributed by atoms with E-state index in [9.17, 15) is 8.78 Å². The molecule has 3 nitrogen and oxygen atoms in total. The van der Waals surface area contributed by atoms with Crippen LogP contribution in [0, 0.1) is 0 Å². The monoisotopic (exact) mass is 298 g/mol. The number of morpholine rings is 1. The molecule has 2 atom stereocenters. The van der Waals surface area contributed by atoms with Gasteiger partial charge in [0.15, 0.2) is 0 Å². The van der Waals surface area contributed by atoms with Crippen LogP contribution < -0.4 is 5.32 Å². The van der Waals surface area contributed by atoms with Crippen molar-refractivity contribution in [2.24, 2.45) is 0 Å². The summed E-state index contributed by atoms with van der Waals surface area (Å²) in [6.07, 6.45) is -1.30. The average molecular weight is 298 g/mol. The predicted octanol–water partition coefficient (Wildman–Crippen LogP) is 3.00. The van der Waals surface area contributed by atoms with Crippen molar-refractivity contribution >= 4 is 0 Å². The van der Waals surface area contributed by atoms with Gasteiger partial charge in [-0.15, -0.1) is 0 Å². The Labute approximate surface area is 125 Å². The van der Waals surface area contributed by atoms with E-state index in [-0.39, 0.29) is 17.7 Å². The summed E-state index contributed by atoms with van der Waals surface area (Å²) in [5, 5.41) is 3.16. The molecule has 1 fully saturated rings. The van der Waals surface area contributed by atoms with Crippen LogP contribution in [0.2, 0.25) is 0 Å². The Morgan fingerprint density at radius 1 is 1.33 bits per heavy atom. The van der Waals surface area contributed by atoms with Crippen LogP contribution in [0.5, 0.6) is 0 Å². The zero-order chi connectivity index (χ0) is 15.2. The number of hydrogen-bond donors (Lipinski definition) is 1. The molecule has 1 saturated heterocycles. The number of benzene rings is 1. The van der Waals surface area contributed by atoms with E-state index in [1.54, 1.807) is 0 Å². The molecular weight excluding hydrogens is 274 g/mol. The molecule has 2 unspecified atom stereocenters. The average Bonchev–Trinajstić information content (AvgIpc) is 2.48. The number of likely N-dealkylation sites (N-methyl/N-ethyl adjacent to an activating group) is 1. The summed E-state index contributed by atoms with van der Waals surface area (Å²) in [6, 6.07) is 6.79. The van der Waals surface area contributed by atoms with E-state index in [1.165, 1.54) is 12.1 Å². The predicted molar refractivity (Wildman–Crippen MR) is 79.7 cm³/mol. The lowest BCUT2D eigenvalue weighted by Crippen LogP contribution is -2.48. The molecule has 0 radical (unpaired) electrons. The number of nitrogens with zero attached hydrogens (tertiary/aromatic N) is 1. The third-order valence-corrected chi connectivity index (χ3v) is 3.90. The van der Waals surface area contributed by atoms with E-state index in [4.69, 9.17) is 4.74 Å². The topological polar surface area (TPSA) is 24.5 Å². The zero-order valence-electron chi connectivity index (χ0n) is 12.7. The smallest absolute Gasteiger partial charge is 0.263 e. The molecular formula is C16H24F2N2O. The van der Waals surface area contributed by atoms with E-state index >= 15 is 0 Å². The van der Waals surface area contributed by atoms with Crippen molar-refractivity contribution < 1.29 is 13.5 Å². The Morgan fingerprint density at radius 3 is 2.62 bits per heavy atom. The summed E-state index contributed by atoms with van der Waals surface area (Å²) in [4.78, 5) is 2.39. The van der Waals surface area contributed by atoms with Crippen LogP contribution in [-0.2, 0) is 4.74 Å². The molecule has 1 heterocycles. The van der Waals surface area contributed by atoms with Crippen LogP contribution >= 0.6 is 0 Å². The second kappa shape index (κ2) is 7.82. The fraction of sp³-hybridized carbons (Fsp3) is 0.625. The fourth-order valence-electron chi connectivity index (χ4n) is 2.96. The Hall–Kier alpha value is -1.04. The van der Waals surface area contributed by atoms with Crippen molar-refractivity contribution in [3.63, 3.8) is 0 Å². The van der Waals surface area contributed by atoms with Gasteiger partial charge in [-0.25, -0.2) is 8.78 Å². The highest BCUT2D eigenvalue weighted by Crippen LogP contribution is 2.31. The van der Waals surface area contributed by atoms with Gasteiger partial charge in [-0.1, -0.05) is 31.2 Å². The van der Waals surface area contributed by atoms with Crippen LogP contribution in [0.15, 0.2) is 24.3 Å². The molecule has 21 heavy (non-hydrogen) atoms. The maximum atomic E-state index is 12.7. The second-order valence-electron chi connectivity index (χ2n) is 5.42. The molecule has 1 aliphatic heterocycles. The minimum Gasteiger partial charge on any atom is -0.374 e. The molecule has 1 aliphatic rings. The molecule has 0 amide bonds. The molecule has 5 heteroatoms. The Morgan fingerprint density at radius 2 is 2.05 bits per heavy atom. The van der Waals surface area contributed by atoms with Gasteiger partial charge in [0.1, 0.15) is 0 Å². The number of ether oxygens (including phenoxy) is 1. The van der Waals surface area contributed by atoms with Crippen molar-refractivity contribution in [1.29, 1.82) is 0 Å². The highest BCUT2D eigenvalue weighted by molar-refractivity contribution is 5.27. The lowest BCUT2D eigenvalue weighted by atomic mass is 9.96. The molecule has 0 spiro atoms. The summed E-state index contributed by atoms with van der Waals surface area (Å²) in [5.41, 5.74) is 1.12. The molecule has 1 aromatic rings. The van der Waals surface area contributed by atoms with Crippen molar-refractivity contribution in [3.8, 4) is 0 Å². The molecule has 1 aromatic carbocycles. The van der Waals surface area contributed by atoms with Crippen LogP contribution in [0.25, 0.3) is 0 Å². The zero-order valence-corrected chi connectivity index (χ0v) is 12.7. The van der Waals surface area contributed by atoms with Crippen LogP contribution in [-0.4, -0.2) is 44.3 Å². The number of nitrogens with one attached hydrogen (secondary N) is 1. The summed E-state index contributed by atoms with van der Waals surface area (Å²) in [6.45, 7) is 5.50. The van der Waals surface area contributed by atoms with E-state index < -0.39 is 6.43 Å². The van der Waals surface area contributed by atoms with Gasteiger partial charge >= 0.3 is 0 Å². The lowest BCUT2D eigenvalue weighted by molar-refractivity contribution is -0.0704. The molecule has 0 saturated carbocycles. The van der Waals surface area contributed by atoms with Gasteiger partial charge in [0, 0.05) is 18.7 Å². The number of halogens is 2. The SMILES string of the molecule is CCCN1CCOC(CNC)C1c1ccc(C(F)F)cc1. The summed E-state index contributed by atoms with van der Waals surface area (Å²) < 4.78 is 31.3. The van der Waals surface area contributed by atoms with Crippen molar-refractivity contribution in [3.05, 3.63) is 35.4 Å².